The minimum Gasteiger partial charge on any atom is -0.305 e. The van der Waals surface area contributed by atoms with Gasteiger partial charge in [0.1, 0.15) is 5.69 Å². The summed E-state index contributed by atoms with van der Waals surface area (Å²) in [5.74, 6) is 0. The minimum absolute atomic E-state index is 0.0843. The summed E-state index contributed by atoms with van der Waals surface area (Å²) in [4.78, 5) is 17.8. The van der Waals surface area contributed by atoms with Gasteiger partial charge in [-0.3, -0.25) is 4.68 Å². The number of rotatable bonds is 1. The van der Waals surface area contributed by atoms with Crippen LogP contribution in [-0.2, 0) is 13.2 Å². The Hall–Kier alpha value is -2.64. The summed E-state index contributed by atoms with van der Waals surface area (Å²) >= 11 is 0. The van der Waals surface area contributed by atoms with Crippen LogP contribution >= 0.6 is 0 Å². The summed E-state index contributed by atoms with van der Waals surface area (Å²) in [7, 11) is 1.66. The normalized spacial score (nSPS) is 12.0. The zero-order valence-corrected chi connectivity index (χ0v) is 10.8. The smallest absolute Gasteiger partial charge is 0.305 e. The van der Waals surface area contributed by atoms with E-state index in [-0.39, 0.29) is 5.52 Å². The molecule has 0 saturated carbocycles. The van der Waals surface area contributed by atoms with Crippen LogP contribution in [0.4, 0.5) is 13.2 Å². The van der Waals surface area contributed by atoms with Gasteiger partial charge in [0.2, 0.25) is 0 Å². The average Bonchev–Trinajstić information content (AvgIpc) is 2.82. The molecule has 2 heterocycles. The molecule has 1 aromatic carbocycles. The topological polar surface area (TPSA) is 63.6 Å². The molecule has 0 aliphatic rings. The average molecular weight is 294 g/mol. The van der Waals surface area contributed by atoms with Gasteiger partial charge in [-0.15, -0.1) is 0 Å². The molecule has 0 aliphatic heterocycles. The van der Waals surface area contributed by atoms with Crippen molar-refractivity contribution in [2.75, 3.05) is 0 Å². The lowest BCUT2D eigenvalue weighted by atomic mass is 10.1. The highest BCUT2D eigenvalue weighted by molar-refractivity contribution is 5.91. The molecule has 8 heteroatoms. The van der Waals surface area contributed by atoms with E-state index in [1.54, 1.807) is 13.1 Å². The van der Waals surface area contributed by atoms with Crippen molar-refractivity contribution in [3.05, 3.63) is 46.5 Å². The summed E-state index contributed by atoms with van der Waals surface area (Å²) in [5, 5.41) is 4.39. The van der Waals surface area contributed by atoms with E-state index in [0.29, 0.717) is 16.8 Å². The molecule has 3 aromatic rings. The van der Waals surface area contributed by atoms with E-state index in [1.165, 1.54) is 16.9 Å². The molecule has 0 bridgehead atoms. The lowest BCUT2D eigenvalue weighted by Gasteiger charge is -2.09. The van der Waals surface area contributed by atoms with E-state index >= 15 is 0 Å². The predicted octanol–water partition coefficient (Wildman–Crippen LogP) is 2.34. The zero-order valence-electron chi connectivity index (χ0n) is 10.8. The van der Waals surface area contributed by atoms with Crippen molar-refractivity contribution >= 4 is 10.9 Å². The molecule has 3 rings (SSSR count). The van der Waals surface area contributed by atoms with Crippen molar-refractivity contribution in [1.29, 1.82) is 0 Å². The highest BCUT2D eigenvalue weighted by Crippen LogP contribution is 2.32. The van der Waals surface area contributed by atoms with Crippen LogP contribution < -0.4 is 5.69 Å². The molecule has 108 valence electrons. The molecule has 0 atom stereocenters. The van der Waals surface area contributed by atoms with E-state index in [4.69, 9.17) is 0 Å². The molecule has 2 aromatic heterocycles. The summed E-state index contributed by atoms with van der Waals surface area (Å²) in [6.45, 7) is 0. The molecule has 0 fully saturated rings. The number of alkyl halides is 3. The second-order valence-corrected chi connectivity index (χ2v) is 4.49. The monoisotopic (exact) mass is 294 g/mol. The first-order chi connectivity index (χ1) is 9.86. The largest absolute Gasteiger partial charge is 0.416 e. The van der Waals surface area contributed by atoms with Gasteiger partial charge in [-0.1, -0.05) is 6.07 Å². The molecule has 21 heavy (non-hydrogen) atoms. The van der Waals surface area contributed by atoms with Crippen molar-refractivity contribution < 1.29 is 13.2 Å². The van der Waals surface area contributed by atoms with E-state index in [2.05, 4.69) is 15.1 Å². The molecule has 0 unspecified atom stereocenters. The number of aryl methyl sites for hydroxylation is 1. The Kier molecular flexibility index (Phi) is 2.82. The van der Waals surface area contributed by atoms with Gasteiger partial charge < -0.3 is 4.98 Å². The van der Waals surface area contributed by atoms with Gasteiger partial charge in [-0.2, -0.15) is 23.3 Å². The first-order valence-corrected chi connectivity index (χ1v) is 5.96. The van der Waals surface area contributed by atoms with Gasteiger partial charge in [0.15, 0.2) is 0 Å². The Morgan fingerprint density at radius 2 is 2.00 bits per heavy atom. The fourth-order valence-corrected chi connectivity index (χ4v) is 2.14. The van der Waals surface area contributed by atoms with Crippen molar-refractivity contribution in [3.8, 4) is 11.4 Å². The second-order valence-electron chi connectivity index (χ2n) is 4.49. The first kappa shape index (κ1) is 13.3. The molecule has 0 amide bonds. The van der Waals surface area contributed by atoms with Crippen molar-refractivity contribution in [2.24, 2.45) is 7.05 Å². The Bertz CT molecular complexity index is 879. The van der Waals surface area contributed by atoms with Gasteiger partial charge in [0, 0.05) is 18.6 Å². The first-order valence-electron chi connectivity index (χ1n) is 5.96. The van der Waals surface area contributed by atoms with Crippen molar-refractivity contribution in [3.63, 3.8) is 0 Å². The minimum atomic E-state index is -4.47. The fourth-order valence-electron chi connectivity index (χ4n) is 2.14. The molecule has 0 radical (unpaired) electrons. The number of halogens is 3. The summed E-state index contributed by atoms with van der Waals surface area (Å²) < 4.78 is 39.7. The van der Waals surface area contributed by atoms with Crippen LogP contribution in [-0.4, -0.2) is 19.7 Å². The molecular formula is C13H9F3N4O. The molecule has 0 saturated heterocycles. The van der Waals surface area contributed by atoms with Crippen LogP contribution in [0.15, 0.2) is 35.3 Å². The van der Waals surface area contributed by atoms with E-state index in [1.807, 2.05) is 0 Å². The number of hydrogen-bond donors (Lipinski definition) is 1. The molecule has 5 nitrogen and oxygen atoms in total. The maximum absolute atomic E-state index is 12.7. The molecule has 0 spiro atoms. The molecule has 1 N–H and O–H groups in total. The SMILES string of the molecule is Cn1nccc1-c1nc(=O)[nH]c2cc(C(F)(F)F)ccc12. The van der Waals surface area contributed by atoms with E-state index < -0.39 is 17.4 Å². The summed E-state index contributed by atoms with van der Waals surface area (Å²) in [6.07, 6.45) is -2.95. The van der Waals surface area contributed by atoms with Gasteiger partial charge in [-0.05, 0) is 18.2 Å². The predicted molar refractivity (Wildman–Crippen MR) is 69.6 cm³/mol. The van der Waals surface area contributed by atoms with Gasteiger partial charge in [0.05, 0.1) is 16.8 Å². The van der Waals surface area contributed by atoms with Crippen molar-refractivity contribution in [1.82, 2.24) is 19.7 Å². The van der Waals surface area contributed by atoms with Gasteiger partial charge in [-0.25, -0.2) is 4.79 Å². The van der Waals surface area contributed by atoms with Crippen LogP contribution in [0, 0.1) is 0 Å². The van der Waals surface area contributed by atoms with Gasteiger partial charge >= 0.3 is 11.9 Å². The maximum Gasteiger partial charge on any atom is 0.416 e. The number of aromatic amines is 1. The molecule has 0 aliphatic carbocycles. The van der Waals surface area contributed by atoms with Crippen molar-refractivity contribution in [2.45, 2.75) is 6.18 Å². The maximum atomic E-state index is 12.7. The fraction of sp³-hybridized carbons (Fsp3) is 0.154. The number of H-pyrrole nitrogens is 1. The third-order valence-corrected chi connectivity index (χ3v) is 3.12. The third kappa shape index (κ3) is 2.28. The number of nitrogens with zero attached hydrogens (tertiary/aromatic N) is 3. The van der Waals surface area contributed by atoms with Crippen LogP contribution in [0.2, 0.25) is 0 Å². The lowest BCUT2D eigenvalue weighted by molar-refractivity contribution is -0.137. The number of benzene rings is 1. The Balaban J connectivity index is 2.33. The Labute approximate surface area is 116 Å². The lowest BCUT2D eigenvalue weighted by Crippen LogP contribution is -2.13. The Morgan fingerprint density at radius 1 is 1.24 bits per heavy atom. The zero-order chi connectivity index (χ0) is 15.2. The summed E-state index contributed by atoms with van der Waals surface area (Å²) in [6, 6.07) is 4.79. The standard InChI is InChI=1S/C13H9F3N4O/c1-20-10(4-5-17-20)11-8-3-2-7(13(14,15)16)6-9(8)18-12(21)19-11/h2-6H,1H3,(H,18,19,21). The third-order valence-electron chi connectivity index (χ3n) is 3.12. The van der Waals surface area contributed by atoms with E-state index in [9.17, 15) is 18.0 Å². The Morgan fingerprint density at radius 3 is 2.62 bits per heavy atom. The highest BCUT2D eigenvalue weighted by atomic mass is 19.4. The number of nitrogens with one attached hydrogen (secondary N) is 1. The van der Waals surface area contributed by atoms with Crippen LogP contribution in [0.1, 0.15) is 5.56 Å². The number of hydrogen-bond acceptors (Lipinski definition) is 3. The number of aromatic nitrogens is 4. The van der Waals surface area contributed by atoms with E-state index in [0.717, 1.165) is 12.1 Å². The van der Waals surface area contributed by atoms with Crippen LogP contribution in [0.3, 0.4) is 0 Å². The van der Waals surface area contributed by atoms with Crippen LogP contribution in [0.25, 0.3) is 22.3 Å². The van der Waals surface area contributed by atoms with Crippen LogP contribution in [0.5, 0.6) is 0 Å². The number of fused-ring (bicyclic) bond motifs is 1. The quantitative estimate of drug-likeness (QED) is 0.749. The molecular weight excluding hydrogens is 285 g/mol. The highest BCUT2D eigenvalue weighted by Gasteiger charge is 2.30. The van der Waals surface area contributed by atoms with Gasteiger partial charge in [0.25, 0.3) is 0 Å². The summed E-state index contributed by atoms with van der Waals surface area (Å²) in [5.41, 5.74) is -0.611. The second kappa shape index (κ2) is 4.44.